The number of fused-ring (bicyclic) bond motifs is 1. The SMILES string of the molecule is CCCN1C(=O)c2ccccc2N[C@H]1c1cc(Br)cs1. The van der Waals surface area contributed by atoms with Crippen molar-refractivity contribution in [2.24, 2.45) is 0 Å². The number of halogens is 1. The van der Waals surface area contributed by atoms with E-state index in [9.17, 15) is 4.79 Å². The van der Waals surface area contributed by atoms with E-state index in [1.54, 1.807) is 11.3 Å². The van der Waals surface area contributed by atoms with Crippen molar-refractivity contribution in [3.8, 4) is 0 Å². The first-order chi connectivity index (χ1) is 9.70. The van der Waals surface area contributed by atoms with Crippen LogP contribution >= 0.6 is 27.3 Å². The lowest BCUT2D eigenvalue weighted by Crippen LogP contribution is -2.42. The van der Waals surface area contributed by atoms with Crippen LogP contribution in [0.1, 0.15) is 34.7 Å². The highest BCUT2D eigenvalue weighted by atomic mass is 79.9. The summed E-state index contributed by atoms with van der Waals surface area (Å²) in [6.45, 7) is 2.84. The minimum Gasteiger partial charge on any atom is -0.360 e. The molecule has 0 radical (unpaired) electrons. The van der Waals surface area contributed by atoms with E-state index in [2.05, 4.69) is 34.2 Å². The summed E-state index contributed by atoms with van der Waals surface area (Å²) in [4.78, 5) is 15.7. The molecule has 1 aromatic heterocycles. The molecule has 3 rings (SSSR count). The van der Waals surface area contributed by atoms with Crippen molar-refractivity contribution < 1.29 is 4.79 Å². The van der Waals surface area contributed by atoms with E-state index in [0.29, 0.717) is 0 Å². The number of nitrogens with zero attached hydrogens (tertiary/aromatic N) is 1. The summed E-state index contributed by atoms with van der Waals surface area (Å²) in [6, 6.07) is 9.78. The first kappa shape index (κ1) is 13.6. The summed E-state index contributed by atoms with van der Waals surface area (Å²) in [7, 11) is 0. The number of carbonyl (C=O) groups is 1. The molecule has 1 aromatic carbocycles. The zero-order valence-electron chi connectivity index (χ0n) is 11.1. The van der Waals surface area contributed by atoms with E-state index in [-0.39, 0.29) is 12.1 Å². The standard InChI is InChI=1S/C15H15BrN2OS/c1-2-7-18-14(13-8-10(16)9-20-13)17-12-6-4-3-5-11(12)15(18)19/h3-6,8-9,14,17H,2,7H2,1H3/t14-/m1/s1. The topological polar surface area (TPSA) is 32.3 Å². The molecule has 1 aliphatic rings. The van der Waals surface area contributed by atoms with Crippen LogP contribution in [0.3, 0.4) is 0 Å². The Kier molecular flexibility index (Phi) is 3.81. The Hall–Kier alpha value is -1.33. The number of hydrogen-bond acceptors (Lipinski definition) is 3. The van der Waals surface area contributed by atoms with Gasteiger partial charge in [0, 0.05) is 27.0 Å². The Bertz CT molecular complexity index is 640. The van der Waals surface area contributed by atoms with Gasteiger partial charge in [-0.2, -0.15) is 0 Å². The largest absolute Gasteiger partial charge is 0.360 e. The number of nitrogens with one attached hydrogen (secondary N) is 1. The van der Waals surface area contributed by atoms with Gasteiger partial charge in [-0.05, 0) is 40.5 Å². The van der Waals surface area contributed by atoms with E-state index >= 15 is 0 Å². The molecule has 0 unspecified atom stereocenters. The Morgan fingerprint density at radius 2 is 2.20 bits per heavy atom. The zero-order valence-corrected chi connectivity index (χ0v) is 13.5. The van der Waals surface area contributed by atoms with Crippen LogP contribution in [0.25, 0.3) is 0 Å². The predicted octanol–water partition coefficient (Wildman–Crippen LogP) is 4.49. The maximum Gasteiger partial charge on any atom is 0.257 e. The zero-order chi connectivity index (χ0) is 14.1. The molecule has 2 aromatic rings. The average Bonchev–Trinajstić information content (AvgIpc) is 2.88. The Labute approximate surface area is 130 Å². The van der Waals surface area contributed by atoms with Gasteiger partial charge >= 0.3 is 0 Å². The molecule has 2 heterocycles. The Morgan fingerprint density at radius 1 is 1.40 bits per heavy atom. The van der Waals surface area contributed by atoms with Crippen molar-refractivity contribution >= 4 is 38.9 Å². The van der Waals surface area contributed by atoms with Crippen LogP contribution < -0.4 is 5.32 Å². The second-order valence-electron chi connectivity index (χ2n) is 4.76. The number of para-hydroxylation sites is 1. The first-order valence-corrected chi connectivity index (χ1v) is 8.28. The van der Waals surface area contributed by atoms with Gasteiger partial charge < -0.3 is 10.2 Å². The predicted molar refractivity (Wildman–Crippen MR) is 86.2 cm³/mol. The highest BCUT2D eigenvalue weighted by Crippen LogP contribution is 2.36. The summed E-state index contributed by atoms with van der Waals surface area (Å²) in [5.74, 6) is 0.107. The van der Waals surface area contributed by atoms with Crippen molar-refractivity contribution in [3.05, 3.63) is 50.6 Å². The molecule has 1 N–H and O–H groups in total. The molecule has 20 heavy (non-hydrogen) atoms. The fraction of sp³-hybridized carbons (Fsp3) is 0.267. The number of amides is 1. The van der Waals surface area contributed by atoms with E-state index in [4.69, 9.17) is 0 Å². The van der Waals surface area contributed by atoms with Gasteiger partial charge in [-0.25, -0.2) is 0 Å². The quantitative estimate of drug-likeness (QED) is 0.884. The van der Waals surface area contributed by atoms with Crippen LogP contribution in [0.4, 0.5) is 5.69 Å². The lowest BCUT2D eigenvalue weighted by molar-refractivity contribution is 0.0686. The molecule has 0 aliphatic carbocycles. The molecular formula is C15H15BrN2OS. The maximum atomic E-state index is 12.7. The number of thiophene rings is 1. The summed E-state index contributed by atoms with van der Waals surface area (Å²) < 4.78 is 1.06. The minimum absolute atomic E-state index is 0.0753. The van der Waals surface area contributed by atoms with Crippen molar-refractivity contribution in [2.75, 3.05) is 11.9 Å². The molecule has 5 heteroatoms. The monoisotopic (exact) mass is 350 g/mol. The smallest absolute Gasteiger partial charge is 0.257 e. The number of benzene rings is 1. The van der Waals surface area contributed by atoms with Gasteiger partial charge in [-0.15, -0.1) is 11.3 Å². The van der Waals surface area contributed by atoms with Crippen LogP contribution in [-0.4, -0.2) is 17.4 Å². The summed E-state index contributed by atoms with van der Waals surface area (Å²) in [5, 5.41) is 5.53. The van der Waals surface area contributed by atoms with E-state index in [1.807, 2.05) is 34.5 Å². The first-order valence-electron chi connectivity index (χ1n) is 6.61. The molecule has 0 bridgehead atoms. The number of rotatable bonds is 3. The van der Waals surface area contributed by atoms with E-state index in [0.717, 1.165) is 33.6 Å². The van der Waals surface area contributed by atoms with Crippen molar-refractivity contribution in [2.45, 2.75) is 19.5 Å². The molecule has 1 atom stereocenters. The van der Waals surface area contributed by atoms with Crippen molar-refractivity contribution in [1.29, 1.82) is 0 Å². The Morgan fingerprint density at radius 3 is 2.90 bits per heavy atom. The number of anilines is 1. The highest BCUT2D eigenvalue weighted by Gasteiger charge is 2.32. The molecular weight excluding hydrogens is 336 g/mol. The second-order valence-corrected chi connectivity index (χ2v) is 6.62. The minimum atomic E-state index is -0.0753. The average molecular weight is 351 g/mol. The third kappa shape index (κ3) is 2.36. The van der Waals surface area contributed by atoms with Crippen LogP contribution in [0.5, 0.6) is 0 Å². The normalized spacial score (nSPS) is 17.8. The van der Waals surface area contributed by atoms with Crippen LogP contribution in [0.2, 0.25) is 0 Å². The summed E-state index contributed by atoms with van der Waals surface area (Å²) in [6.07, 6.45) is 0.868. The molecule has 0 saturated heterocycles. The third-order valence-corrected chi connectivity index (χ3v) is 5.09. The van der Waals surface area contributed by atoms with Crippen molar-refractivity contribution in [3.63, 3.8) is 0 Å². The fourth-order valence-corrected chi connectivity index (χ4v) is 3.97. The molecule has 1 aliphatic heterocycles. The van der Waals surface area contributed by atoms with Crippen LogP contribution in [0.15, 0.2) is 40.2 Å². The highest BCUT2D eigenvalue weighted by molar-refractivity contribution is 9.10. The molecule has 3 nitrogen and oxygen atoms in total. The fourth-order valence-electron chi connectivity index (χ4n) is 2.46. The van der Waals surface area contributed by atoms with Crippen molar-refractivity contribution in [1.82, 2.24) is 4.90 Å². The van der Waals surface area contributed by atoms with Crippen LogP contribution in [0, 0.1) is 0 Å². The van der Waals surface area contributed by atoms with Gasteiger partial charge in [-0.3, -0.25) is 4.79 Å². The number of carbonyl (C=O) groups excluding carboxylic acids is 1. The van der Waals surface area contributed by atoms with Gasteiger partial charge in [0.05, 0.1) is 5.56 Å². The van der Waals surface area contributed by atoms with Crippen LogP contribution in [-0.2, 0) is 0 Å². The maximum absolute atomic E-state index is 12.7. The van der Waals surface area contributed by atoms with E-state index in [1.165, 1.54) is 0 Å². The summed E-state index contributed by atoms with van der Waals surface area (Å²) >= 11 is 5.14. The molecule has 0 spiro atoms. The second kappa shape index (κ2) is 5.58. The van der Waals surface area contributed by atoms with Gasteiger partial charge in [0.1, 0.15) is 6.17 Å². The van der Waals surface area contributed by atoms with Gasteiger partial charge in [0.25, 0.3) is 5.91 Å². The third-order valence-electron chi connectivity index (χ3n) is 3.34. The molecule has 1 amide bonds. The lowest BCUT2D eigenvalue weighted by atomic mass is 10.1. The van der Waals surface area contributed by atoms with Gasteiger partial charge in [-0.1, -0.05) is 19.1 Å². The van der Waals surface area contributed by atoms with Gasteiger partial charge in [0.15, 0.2) is 0 Å². The molecule has 0 saturated carbocycles. The summed E-state index contributed by atoms with van der Waals surface area (Å²) in [5.41, 5.74) is 1.67. The Balaban J connectivity index is 2.03. The molecule has 0 fully saturated rings. The van der Waals surface area contributed by atoms with E-state index < -0.39 is 0 Å². The number of hydrogen-bond donors (Lipinski definition) is 1. The lowest BCUT2D eigenvalue weighted by Gasteiger charge is -2.37. The molecule has 104 valence electrons. The van der Waals surface area contributed by atoms with Gasteiger partial charge in [0.2, 0.25) is 0 Å².